The Morgan fingerprint density at radius 1 is 1.30 bits per heavy atom. The fourth-order valence-corrected chi connectivity index (χ4v) is 1.68. The van der Waals surface area contributed by atoms with Crippen molar-refractivity contribution in [2.24, 2.45) is 10.7 Å². The van der Waals surface area contributed by atoms with E-state index in [4.69, 9.17) is 10.2 Å². The minimum absolute atomic E-state index is 0.163. The van der Waals surface area contributed by atoms with Crippen LogP contribution in [0.15, 0.2) is 21.5 Å². The monoisotopic (exact) mass is 280 g/mol. The topological polar surface area (TPSA) is 92.6 Å². The molecule has 0 aliphatic carbocycles. The van der Waals surface area contributed by atoms with Gasteiger partial charge in [0, 0.05) is 13.1 Å². The number of hydrogen-bond acceptors (Lipinski definition) is 3. The number of furan rings is 1. The first-order chi connectivity index (χ1) is 9.67. The SMILES string of the molecule is CCCCCNC(=NCc1ccc(C(N)=O)o1)NCC. The summed E-state index contributed by atoms with van der Waals surface area (Å²) in [5.74, 6) is 0.964. The molecule has 1 amide bonds. The Labute approximate surface area is 119 Å². The number of aliphatic imine (C=N–C) groups is 1. The first-order valence-corrected chi connectivity index (χ1v) is 7.08. The van der Waals surface area contributed by atoms with E-state index in [0.29, 0.717) is 12.3 Å². The predicted octanol–water partition coefficient (Wildman–Crippen LogP) is 1.62. The highest BCUT2D eigenvalue weighted by molar-refractivity contribution is 5.89. The third kappa shape index (κ3) is 5.77. The van der Waals surface area contributed by atoms with Crippen molar-refractivity contribution in [3.63, 3.8) is 0 Å². The maximum Gasteiger partial charge on any atom is 0.284 e. The zero-order chi connectivity index (χ0) is 14.8. The fraction of sp³-hybridized carbons (Fsp3) is 0.571. The van der Waals surface area contributed by atoms with Crippen molar-refractivity contribution in [3.05, 3.63) is 23.7 Å². The van der Waals surface area contributed by atoms with Crippen molar-refractivity contribution >= 4 is 11.9 Å². The van der Waals surface area contributed by atoms with E-state index in [1.807, 2.05) is 6.92 Å². The molecule has 0 atom stereocenters. The summed E-state index contributed by atoms with van der Waals surface area (Å²) in [6, 6.07) is 3.28. The summed E-state index contributed by atoms with van der Waals surface area (Å²) in [7, 11) is 0. The van der Waals surface area contributed by atoms with Crippen molar-refractivity contribution < 1.29 is 9.21 Å². The second-order valence-corrected chi connectivity index (χ2v) is 4.46. The Hall–Kier alpha value is -1.98. The summed E-state index contributed by atoms with van der Waals surface area (Å²) in [6.07, 6.45) is 3.51. The number of unbranched alkanes of at least 4 members (excludes halogenated alkanes) is 2. The molecule has 6 heteroatoms. The van der Waals surface area contributed by atoms with Gasteiger partial charge in [-0.05, 0) is 25.5 Å². The van der Waals surface area contributed by atoms with Crippen molar-refractivity contribution in [3.8, 4) is 0 Å². The lowest BCUT2D eigenvalue weighted by Gasteiger charge is -2.10. The van der Waals surface area contributed by atoms with E-state index >= 15 is 0 Å². The third-order valence-electron chi connectivity index (χ3n) is 2.71. The van der Waals surface area contributed by atoms with Crippen LogP contribution < -0.4 is 16.4 Å². The molecule has 1 aromatic rings. The largest absolute Gasteiger partial charge is 0.454 e. The van der Waals surface area contributed by atoms with Crippen LogP contribution in [0.25, 0.3) is 0 Å². The average molecular weight is 280 g/mol. The highest BCUT2D eigenvalue weighted by Gasteiger charge is 2.06. The van der Waals surface area contributed by atoms with Crippen LogP contribution in [0, 0.1) is 0 Å². The van der Waals surface area contributed by atoms with Gasteiger partial charge in [-0.25, -0.2) is 4.99 Å². The second-order valence-electron chi connectivity index (χ2n) is 4.46. The summed E-state index contributed by atoms with van der Waals surface area (Å²) < 4.78 is 5.28. The molecule has 20 heavy (non-hydrogen) atoms. The van der Waals surface area contributed by atoms with Gasteiger partial charge in [0.1, 0.15) is 12.3 Å². The molecule has 0 fully saturated rings. The zero-order valence-electron chi connectivity index (χ0n) is 12.2. The highest BCUT2D eigenvalue weighted by Crippen LogP contribution is 2.08. The van der Waals surface area contributed by atoms with Crippen molar-refractivity contribution in [1.29, 1.82) is 0 Å². The number of nitrogens with zero attached hydrogens (tertiary/aromatic N) is 1. The number of guanidine groups is 1. The number of rotatable bonds is 8. The van der Waals surface area contributed by atoms with Gasteiger partial charge in [0.05, 0.1) is 0 Å². The molecule has 0 aliphatic rings. The molecule has 4 N–H and O–H groups in total. The molecule has 0 unspecified atom stereocenters. The molecule has 0 bridgehead atoms. The number of hydrogen-bond donors (Lipinski definition) is 3. The quantitative estimate of drug-likeness (QED) is 0.383. The number of nitrogens with one attached hydrogen (secondary N) is 2. The van der Waals surface area contributed by atoms with E-state index in [1.165, 1.54) is 12.8 Å². The van der Waals surface area contributed by atoms with Gasteiger partial charge in [-0.3, -0.25) is 4.79 Å². The Bertz CT molecular complexity index is 440. The molecular formula is C14H24N4O2. The Balaban J connectivity index is 2.49. The van der Waals surface area contributed by atoms with E-state index in [2.05, 4.69) is 22.5 Å². The standard InChI is InChI=1S/C14H24N4O2/c1-3-5-6-9-17-14(16-4-2)18-10-11-7-8-12(20-11)13(15)19/h7-8H,3-6,9-10H2,1-2H3,(H2,15,19)(H2,16,17,18). The van der Waals surface area contributed by atoms with Gasteiger partial charge in [0.25, 0.3) is 5.91 Å². The summed E-state index contributed by atoms with van der Waals surface area (Å²) >= 11 is 0. The first kappa shape index (κ1) is 16.1. The fourth-order valence-electron chi connectivity index (χ4n) is 1.68. The van der Waals surface area contributed by atoms with Gasteiger partial charge in [-0.1, -0.05) is 19.8 Å². The zero-order valence-corrected chi connectivity index (χ0v) is 12.2. The molecule has 0 aliphatic heterocycles. The molecule has 6 nitrogen and oxygen atoms in total. The molecule has 1 rings (SSSR count). The maximum absolute atomic E-state index is 10.9. The molecule has 0 radical (unpaired) electrons. The highest BCUT2D eigenvalue weighted by atomic mass is 16.3. The number of primary amides is 1. The van der Waals surface area contributed by atoms with Crippen LogP contribution in [0.4, 0.5) is 0 Å². The summed E-state index contributed by atoms with van der Waals surface area (Å²) in [4.78, 5) is 15.3. The molecule has 0 aromatic carbocycles. The van der Waals surface area contributed by atoms with E-state index in [-0.39, 0.29) is 5.76 Å². The van der Waals surface area contributed by atoms with Crippen molar-refractivity contribution in [2.45, 2.75) is 39.7 Å². The van der Waals surface area contributed by atoms with E-state index in [9.17, 15) is 4.79 Å². The Morgan fingerprint density at radius 2 is 2.10 bits per heavy atom. The predicted molar refractivity (Wildman–Crippen MR) is 79.6 cm³/mol. The van der Waals surface area contributed by atoms with E-state index in [0.717, 1.165) is 25.5 Å². The number of nitrogens with two attached hydrogens (primary N) is 1. The number of carbonyl (C=O) groups is 1. The lowest BCUT2D eigenvalue weighted by molar-refractivity contribution is 0.0972. The van der Waals surface area contributed by atoms with Gasteiger partial charge >= 0.3 is 0 Å². The van der Waals surface area contributed by atoms with Crippen LogP contribution in [0.2, 0.25) is 0 Å². The van der Waals surface area contributed by atoms with Gasteiger partial charge in [-0.15, -0.1) is 0 Å². The van der Waals surface area contributed by atoms with Crippen LogP contribution >= 0.6 is 0 Å². The van der Waals surface area contributed by atoms with Crippen molar-refractivity contribution in [1.82, 2.24) is 10.6 Å². The maximum atomic E-state index is 10.9. The molecule has 112 valence electrons. The van der Waals surface area contributed by atoms with Crippen LogP contribution in [-0.4, -0.2) is 25.0 Å². The van der Waals surface area contributed by atoms with Crippen LogP contribution in [0.5, 0.6) is 0 Å². The molecule has 0 spiro atoms. The molecule has 0 saturated carbocycles. The number of carbonyl (C=O) groups excluding carboxylic acids is 1. The van der Waals surface area contributed by atoms with E-state index < -0.39 is 5.91 Å². The normalized spacial score (nSPS) is 11.4. The smallest absolute Gasteiger partial charge is 0.284 e. The van der Waals surface area contributed by atoms with Gasteiger partial charge in [0.15, 0.2) is 11.7 Å². The molecule has 1 aromatic heterocycles. The second kappa shape index (κ2) is 9.01. The minimum atomic E-state index is -0.565. The molecule has 1 heterocycles. The van der Waals surface area contributed by atoms with Gasteiger partial charge in [0.2, 0.25) is 0 Å². The Kier molecular flexibility index (Phi) is 7.24. The van der Waals surface area contributed by atoms with Crippen molar-refractivity contribution in [2.75, 3.05) is 13.1 Å². The first-order valence-electron chi connectivity index (χ1n) is 7.08. The number of amides is 1. The lowest BCUT2D eigenvalue weighted by atomic mass is 10.2. The molecular weight excluding hydrogens is 256 g/mol. The van der Waals surface area contributed by atoms with Crippen LogP contribution in [-0.2, 0) is 6.54 Å². The third-order valence-corrected chi connectivity index (χ3v) is 2.71. The minimum Gasteiger partial charge on any atom is -0.454 e. The summed E-state index contributed by atoms with van der Waals surface area (Å²) in [5.41, 5.74) is 5.13. The lowest BCUT2D eigenvalue weighted by Crippen LogP contribution is -2.37. The summed E-state index contributed by atoms with van der Waals surface area (Å²) in [5, 5.41) is 6.43. The van der Waals surface area contributed by atoms with Crippen LogP contribution in [0.3, 0.4) is 0 Å². The van der Waals surface area contributed by atoms with Gasteiger partial charge < -0.3 is 20.8 Å². The Morgan fingerprint density at radius 3 is 2.70 bits per heavy atom. The average Bonchev–Trinajstić information content (AvgIpc) is 2.90. The van der Waals surface area contributed by atoms with E-state index in [1.54, 1.807) is 12.1 Å². The summed E-state index contributed by atoms with van der Waals surface area (Å²) in [6.45, 7) is 6.25. The van der Waals surface area contributed by atoms with Crippen LogP contribution in [0.1, 0.15) is 49.4 Å². The molecule has 0 saturated heterocycles. The van der Waals surface area contributed by atoms with Gasteiger partial charge in [-0.2, -0.15) is 0 Å².